The standard InChI is InChI=1S/C17H18N4O4/c1-2-20-11-13(10-18)16(23)21(17(20)24)12-15(22)19-8-9-25-14-6-4-3-5-7-14/h3-7,11H,2,8-9,12H2,1H3,(H,19,22). The molecule has 1 heterocycles. The molecule has 8 heteroatoms. The van der Waals surface area contributed by atoms with Crippen LogP contribution in [0.1, 0.15) is 12.5 Å². The molecule has 0 unspecified atom stereocenters. The lowest BCUT2D eigenvalue weighted by molar-refractivity contribution is -0.121. The summed E-state index contributed by atoms with van der Waals surface area (Å²) in [5.41, 5.74) is -1.57. The van der Waals surface area contributed by atoms with Crippen LogP contribution in [0.2, 0.25) is 0 Å². The zero-order chi connectivity index (χ0) is 18.2. The van der Waals surface area contributed by atoms with Crippen LogP contribution in [0.3, 0.4) is 0 Å². The van der Waals surface area contributed by atoms with Crippen LogP contribution in [0.25, 0.3) is 0 Å². The number of rotatable bonds is 7. The van der Waals surface area contributed by atoms with Crippen LogP contribution in [-0.4, -0.2) is 28.2 Å². The number of ether oxygens (including phenoxy) is 1. The van der Waals surface area contributed by atoms with Crippen molar-refractivity contribution in [2.75, 3.05) is 13.2 Å². The fraction of sp³-hybridized carbons (Fsp3) is 0.294. The second-order valence-corrected chi connectivity index (χ2v) is 5.13. The van der Waals surface area contributed by atoms with Gasteiger partial charge in [-0.2, -0.15) is 5.26 Å². The summed E-state index contributed by atoms with van der Waals surface area (Å²) in [6.45, 7) is 2.03. The Morgan fingerprint density at radius 2 is 2.00 bits per heavy atom. The molecule has 1 aromatic carbocycles. The van der Waals surface area contributed by atoms with Crippen molar-refractivity contribution >= 4 is 5.91 Å². The number of aryl methyl sites for hydroxylation is 1. The van der Waals surface area contributed by atoms with E-state index in [1.807, 2.05) is 18.2 Å². The van der Waals surface area contributed by atoms with Crippen LogP contribution in [0, 0.1) is 11.3 Å². The Bertz CT molecular complexity index is 894. The Morgan fingerprint density at radius 1 is 1.28 bits per heavy atom. The molecule has 2 rings (SSSR count). The summed E-state index contributed by atoms with van der Waals surface area (Å²) in [5, 5.41) is 11.5. The van der Waals surface area contributed by atoms with E-state index < -0.39 is 23.7 Å². The van der Waals surface area contributed by atoms with Gasteiger partial charge >= 0.3 is 5.69 Å². The average Bonchev–Trinajstić information content (AvgIpc) is 2.63. The second-order valence-electron chi connectivity index (χ2n) is 5.13. The van der Waals surface area contributed by atoms with E-state index in [-0.39, 0.29) is 18.7 Å². The van der Waals surface area contributed by atoms with Crippen molar-refractivity contribution < 1.29 is 9.53 Å². The molecule has 130 valence electrons. The summed E-state index contributed by atoms with van der Waals surface area (Å²) >= 11 is 0. The van der Waals surface area contributed by atoms with E-state index in [1.54, 1.807) is 25.1 Å². The van der Waals surface area contributed by atoms with E-state index in [1.165, 1.54) is 10.8 Å². The maximum atomic E-state index is 12.2. The normalized spacial score (nSPS) is 10.1. The SMILES string of the molecule is CCn1cc(C#N)c(=O)n(CC(=O)NCCOc2ccccc2)c1=O. The zero-order valence-corrected chi connectivity index (χ0v) is 13.8. The Labute approximate surface area is 143 Å². The van der Waals surface area contributed by atoms with Crippen molar-refractivity contribution in [2.24, 2.45) is 0 Å². The largest absolute Gasteiger partial charge is 0.492 e. The number of aromatic nitrogens is 2. The number of amides is 1. The molecular weight excluding hydrogens is 324 g/mol. The summed E-state index contributed by atoms with van der Waals surface area (Å²) in [6, 6.07) is 10.9. The molecule has 0 fully saturated rings. The molecule has 0 atom stereocenters. The van der Waals surface area contributed by atoms with Gasteiger partial charge < -0.3 is 10.1 Å². The lowest BCUT2D eigenvalue weighted by Crippen LogP contribution is -2.44. The van der Waals surface area contributed by atoms with Crippen LogP contribution in [-0.2, 0) is 17.9 Å². The minimum absolute atomic E-state index is 0.179. The van der Waals surface area contributed by atoms with Crippen molar-refractivity contribution in [3.8, 4) is 11.8 Å². The van der Waals surface area contributed by atoms with Crippen molar-refractivity contribution in [1.29, 1.82) is 5.26 Å². The predicted molar refractivity (Wildman–Crippen MR) is 90.3 cm³/mol. The minimum atomic E-state index is -0.770. The molecule has 25 heavy (non-hydrogen) atoms. The van der Waals surface area contributed by atoms with Gasteiger partial charge in [0.05, 0.1) is 6.54 Å². The topological polar surface area (TPSA) is 106 Å². The van der Waals surface area contributed by atoms with Crippen molar-refractivity contribution in [3.05, 3.63) is 62.9 Å². The van der Waals surface area contributed by atoms with Gasteiger partial charge in [-0.25, -0.2) is 9.36 Å². The summed E-state index contributed by atoms with van der Waals surface area (Å²) in [4.78, 5) is 36.2. The second kappa shape index (κ2) is 8.49. The number of nitriles is 1. The minimum Gasteiger partial charge on any atom is -0.492 e. The molecule has 0 saturated carbocycles. The number of para-hydroxylation sites is 1. The highest BCUT2D eigenvalue weighted by Gasteiger charge is 2.13. The lowest BCUT2D eigenvalue weighted by atomic mass is 10.3. The van der Waals surface area contributed by atoms with E-state index in [9.17, 15) is 14.4 Å². The lowest BCUT2D eigenvalue weighted by Gasteiger charge is -2.10. The van der Waals surface area contributed by atoms with Gasteiger partial charge in [-0.1, -0.05) is 18.2 Å². The van der Waals surface area contributed by atoms with Crippen LogP contribution >= 0.6 is 0 Å². The van der Waals surface area contributed by atoms with Gasteiger partial charge in [0.2, 0.25) is 5.91 Å². The van der Waals surface area contributed by atoms with Gasteiger partial charge in [0, 0.05) is 12.7 Å². The Hall–Kier alpha value is -3.34. The fourth-order valence-electron chi connectivity index (χ4n) is 2.17. The molecule has 0 radical (unpaired) electrons. The van der Waals surface area contributed by atoms with E-state index in [4.69, 9.17) is 10.00 Å². The third-order valence-corrected chi connectivity index (χ3v) is 3.44. The summed E-state index contributed by atoms with van der Waals surface area (Å²) in [6.07, 6.45) is 1.20. The quantitative estimate of drug-likeness (QED) is 0.718. The van der Waals surface area contributed by atoms with Gasteiger partial charge in [0.25, 0.3) is 5.56 Å². The van der Waals surface area contributed by atoms with Gasteiger partial charge in [0.15, 0.2) is 0 Å². The van der Waals surface area contributed by atoms with Crippen LogP contribution in [0.15, 0.2) is 46.1 Å². The van der Waals surface area contributed by atoms with Gasteiger partial charge in [-0.15, -0.1) is 0 Å². The van der Waals surface area contributed by atoms with E-state index in [0.717, 1.165) is 4.57 Å². The molecule has 0 aliphatic rings. The van der Waals surface area contributed by atoms with E-state index in [2.05, 4.69) is 5.32 Å². The van der Waals surface area contributed by atoms with Crippen LogP contribution in [0.5, 0.6) is 5.75 Å². The smallest absolute Gasteiger partial charge is 0.331 e. The third kappa shape index (κ3) is 4.57. The van der Waals surface area contributed by atoms with Crippen LogP contribution in [0.4, 0.5) is 0 Å². The maximum absolute atomic E-state index is 12.2. The summed E-state index contributed by atoms with van der Waals surface area (Å²) in [7, 11) is 0. The van der Waals surface area contributed by atoms with Gasteiger partial charge in [-0.05, 0) is 19.1 Å². The van der Waals surface area contributed by atoms with Gasteiger partial charge in [0.1, 0.15) is 30.5 Å². The first-order valence-corrected chi connectivity index (χ1v) is 7.75. The molecule has 1 N–H and O–H groups in total. The number of benzene rings is 1. The number of hydrogen-bond acceptors (Lipinski definition) is 5. The van der Waals surface area contributed by atoms with Gasteiger partial charge in [-0.3, -0.25) is 14.2 Å². The Morgan fingerprint density at radius 3 is 2.64 bits per heavy atom. The molecule has 0 bridgehead atoms. The molecule has 0 aliphatic carbocycles. The molecule has 0 saturated heterocycles. The first kappa shape index (κ1) is 18.0. The maximum Gasteiger partial charge on any atom is 0.331 e. The number of hydrogen-bond donors (Lipinski definition) is 1. The fourth-order valence-corrected chi connectivity index (χ4v) is 2.17. The molecule has 2 aromatic rings. The van der Waals surface area contributed by atoms with Crippen molar-refractivity contribution in [3.63, 3.8) is 0 Å². The molecule has 0 spiro atoms. The van der Waals surface area contributed by atoms with Crippen LogP contribution < -0.4 is 21.3 Å². The average molecular weight is 342 g/mol. The Balaban J connectivity index is 1.98. The molecule has 8 nitrogen and oxygen atoms in total. The highest BCUT2D eigenvalue weighted by atomic mass is 16.5. The van der Waals surface area contributed by atoms with Crippen molar-refractivity contribution in [1.82, 2.24) is 14.5 Å². The highest BCUT2D eigenvalue weighted by Crippen LogP contribution is 2.07. The molecular formula is C17H18N4O4. The number of nitrogens with zero attached hydrogens (tertiary/aromatic N) is 3. The summed E-state index contributed by atoms with van der Waals surface area (Å²) < 4.78 is 7.41. The van der Waals surface area contributed by atoms with E-state index >= 15 is 0 Å². The molecule has 0 aliphatic heterocycles. The molecule has 1 aromatic heterocycles. The third-order valence-electron chi connectivity index (χ3n) is 3.44. The first-order valence-electron chi connectivity index (χ1n) is 7.75. The highest BCUT2D eigenvalue weighted by molar-refractivity contribution is 5.75. The zero-order valence-electron chi connectivity index (χ0n) is 13.8. The summed E-state index contributed by atoms with van der Waals surface area (Å²) in [5.74, 6) is 0.175. The number of carbonyl (C=O) groups excluding carboxylic acids is 1. The van der Waals surface area contributed by atoms with Crippen molar-refractivity contribution in [2.45, 2.75) is 20.0 Å². The number of nitrogens with one attached hydrogen (secondary N) is 1. The Kier molecular flexibility index (Phi) is 6.12. The molecule has 1 amide bonds. The monoisotopic (exact) mass is 342 g/mol. The number of carbonyl (C=O) groups is 1. The first-order chi connectivity index (χ1) is 12.1. The predicted octanol–water partition coefficient (Wildman–Crippen LogP) is 0.0968. The van der Waals surface area contributed by atoms with E-state index in [0.29, 0.717) is 12.3 Å².